The summed E-state index contributed by atoms with van der Waals surface area (Å²) in [6, 6.07) is 10.2. The number of aliphatic hydroxyl groups excluding tert-OH is 1. The first-order valence-electron chi connectivity index (χ1n) is 5.91. The van der Waals surface area contributed by atoms with Crippen LogP contribution in [0.15, 0.2) is 36.4 Å². The summed E-state index contributed by atoms with van der Waals surface area (Å²) in [5, 5.41) is 11.4. The summed E-state index contributed by atoms with van der Waals surface area (Å²) in [5.74, 6) is 1.15. The molecule has 5 heteroatoms. The van der Waals surface area contributed by atoms with Gasteiger partial charge in [0.1, 0.15) is 6.10 Å². The second-order valence-corrected chi connectivity index (χ2v) is 5.03. The summed E-state index contributed by atoms with van der Waals surface area (Å²) in [5.41, 5.74) is 1.25. The predicted octanol–water partition coefficient (Wildman–Crippen LogP) is 4.09. The van der Waals surface area contributed by atoms with Crippen LogP contribution < -0.4 is 9.47 Å². The summed E-state index contributed by atoms with van der Waals surface area (Å²) in [6.07, 6.45) is -0.862. The molecule has 106 valence electrons. The number of benzene rings is 2. The second-order valence-electron chi connectivity index (χ2n) is 4.18. The van der Waals surface area contributed by atoms with Crippen molar-refractivity contribution in [3.63, 3.8) is 0 Å². The van der Waals surface area contributed by atoms with Crippen molar-refractivity contribution in [2.45, 2.75) is 6.10 Å². The van der Waals surface area contributed by atoms with Crippen LogP contribution in [0, 0.1) is 0 Å². The molecule has 2 rings (SSSR count). The van der Waals surface area contributed by atoms with Crippen molar-refractivity contribution in [1.82, 2.24) is 0 Å². The monoisotopic (exact) mass is 312 g/mol. The van der Waals surface area contributed by atoms with Crippen LogP contribution in [0.25, 0.3) is 0 Å². The third kappa shape index (κ3) is 3.01. The fourth-order valence-electron chi connectivity index (χ4n) is 1.93. The molecule has 0 spiro atoms. The zero-order chi connectivity index (χ0) is 14.7. The van der Waals surface area contributed by atoms with Gasteiger partial charge in [-0.05, 0) is 29.8 Å². The summed E-state index contributed by atoms with van der Waals surface area (Å²) < 4.78 is 10.4. The van der Waals surface area contributed by atoms with Gasteiger partial charge in [-0.3, -0.25) is 0 Å². The minimum absolute atomic E-state index is 0.416. The van der Waals surface area contributed by atoms with Gasteiger partial charge in [-0.25, -0.2) is 0 Å². The smallest absolute Gasteiger partial charge is 0.161 e. The molecule has 20 heavy (non-hydrogen) atoms. The molecule has 2 aromatic rings. The Labute approximate surface area is 127 Å². The van der Waals surface area contributed by atoms with Gasteiger partial charge in [-0.15, -0.1) is 0 Å². The Morgan fingerprint density at radius 2 is 1.65 bits per heavy atom. The summed E-state index contributed by atoms with van der Waals surface area (Å²) in [6.45, 7) is 0. The number of aliphatic hydroxyl groups is 1. The van der Waals surface area contributed by atoms with Crippen LogP contribution in [0.1, 0.15) is 17.2 Å². The van der Waals surface area contributed by atoms with Gasteiger partial charge in [0.15, 0.2) is 11.5 Å². The van der Waals surface area contributed by atoms with Gasteiger partial charge in [0, 0.05) is 15.6 Å². The molecule has 0 amide bonds. The molecule has 1 atom stereocenters. The minimum Gasteiger partial charge on any atom is -0.493 e. The van der Waals surface area contributed by atoms with Gasteiger partial charge >= 0.3 is 0 Å². The molecule has 1 N–H and O–H groups in total. The molecule has 0 aromatic heterocycles. The molecule has 0 radical (unpaired) electrons. The highest BCUT2D eigenvalue weighted by Gasteiger charge is 2.16. The number of halogens is 2. The lowest BCUT2D eigenvalue weighted by Gasteiger charge is -2.15. The Kier molecular flexibility index (Phi) is 4.76. The molecule has 0 aliphatic rings. The van der Waals surface area contributed by atoms with Crippen LogP contribution >= 0.6 is 23.2 Å². The summed E-state index contributed by atoms with van der Waals surface area (Å²) in [4.78, 5) is 0. The van der Waals surface area contributed by atoms with Crippen molar-refractivity contribution >= 4 is 23.2 Å². The Hall–Kier alpha value is -1.42. The van der Waals surface area contributed by atoms with Gasteiger partial charge in [0.2, 0.25) is 0 Å². The topological polar surface area (TPSA) is 38.7 Å². The maximum Gasteiger partial charge on any atom is 0.161 e. The molecule has 0 fully saturated rings. The first kappa shape index (κ1) is 15.0. The molecular formula is C15H14Cl2O3. The lowest BCUT2D eigenvalue weighted by atomic mass is 10.0. The van der Waals surface area contributed by atoms with Gasteiger partial charge in [-0.1, -0.05) is 35.3 Å². The first-order chi connectivity index (χ1) is 9.56. The van der Waals surface area contributed by atoms with Crippen LogP contribution in [0.5, 0.6) is 11.5 Å². The molecule has 1 unspecified atom stereocenters. The highest BCUT2D eigenvalue weighted by molar-refractivity contribution is 6.35. The van der Waals surface area contributed by atoms with E-state index in [1.165, 1.54) is 0 Å². The van der Waals surface area contributed by atoms with Crippen molar-refractivity contribution in [2.75, 3.05) is 14.2 Å². The van der Waals surface area contributed by atoms with E-state index in [1.807, 2.05) is 0 Å². The van der Waals surface area contributed by atoms with Gasteiger partial charge in [0.25, 0.3) is 0 Å². The molecule has 0 aliphatic carbocycles. The van der Waals surface area contributed by atoms with E-state index in [1.54, 1.807) is 50.6 Å². The average Bonchev–Trinajstić information content (AvgIpc) is 2.45. The van der Waals surface area contributed by atoms with E-state index in [9.17, 15) is 5.11 Å². The van der Waals surface area contributed by atoms with E-state index in [-0.39, 0.29) is 0 Å². The van der Waals surface area contributed by atoms with E-state index in [2.05, 4.69) is 0 Å². The molecule has 0 saturated carbocycles. The molecule has 3 nitrogen and oxygen atoms in total. The van der Waals surface area contributed by atoms with Gasteiger partial charge < -0.3 is 14.6 Å². The van der Waals surface area contributed by atoms with Crippen LogP contribution in [0.2, 0.25) is 10.0 Å². The quantitative estimate of drug-likeness (QED) is 0.924. The molecule has 0 saturated heterocycles. The lowest BCUT2D eigenvalue weighted by Crippen LogP contribution is -2.01. The normalized spacial score (nSPS) is 12.1. The zero-order valence-corrected chi connectivity index (χ0v) is 12.6. The zero-order valence-electron chi connectivity index (χ0n) is 11.1. The van der Waals surface area contributed by atoms with E-state index < -0.39 is 6.10 Å². The lowest BCUT2D eigenvalue weighted by molar-refractivity contribution is 0.219. The van der Waals surface area contributed by atoms with E-state index >= 15 is 0 Å². The van der Waals surface area contributed by atoms with Crippen molar-refractivity contribution in [3.8, 4) is 11.5 Å². The third-order valence-electron chi connectivity index (χ3n) is 2.98. The van der Waals surface area contributed by atoms with Crippen LogP contribution in [0.4, 0.5) is 0 Å². The van der Waals surface area contributed by atoms with E-state index in [4.69, 9.17) is 32.7 Å². The Balaban J connectivity index is 2.40. The molecule has 2 aromatic carbocycles. The Morgan fingerprint density at radius 1 is 0.950 bits per heavy atom. The highest BCUT2D eigenvalue weighted by atomic mass is 35.5. The standard InChI is InChI=1S/C15H14Cl2O3/c1-19-13-6-3-9(7-14(13)20-2)15(18)11-5-4-10(16)8-12(11)17/h3-8,15,18H,1-2H3. The SMILES string of the molecule is COc1ccc(C(O)c2ccc(Cl)cc2Cl)cc1OC. The van der Waals surface area contributed by atoms with Crippen LogP contribution in [0.3, 0.4) is 0 Å². The van der Waals surface area contributed by atoms with Gasteiger partial charge in [0.05, 0.1) is 14.2 Å². The maximum atomic E-state index is 10.4. The fourth-order valence-corrected chi connectivity index (χ4v) is 2.44. The number of rotatable bonds is 4. The first-order valence-corrected chi connectivity index (χ1v) is 6.67. The fraction of sp³-hybridized carbons (Fsp3) is 0.200. The Morgan fingerprint density at radius 3 is 2.25 bits per heavy atom. The average molecular weight is 313 g/mol. The minimum atomic E-state index is -0.862. The molecule has 0 bridgehead atoms. The third-order valence-corrected chi connectivity index (χ3v) is 3.54. The van der Waals surface area contributed by atoms with E-state index in [0.717, 1.165) is 0 Å². The number of hydrogen-bond acceptors (Lipinski definition) is 3. The maximum absolute atomic E-state index is 10.4. The summed E-state index contributed by atoms with van der Waals surface area (Å²) in [7, 11) is 3.10. The van der Waals surface area contributed by atoms with Gasteiger partial charge in [-0.2, -0.15) is 0 Å². The number of ether oxygens (including phenoxy) is 2. The molecule has 0 heterocycles. The number of methoxy groups -OCH3 is 2. The molecular weight excluding hydrogens is 299 g/mol. The largest absolute Gasteiger partial charge is 0.493 e. The van der Waals surface area contributed by atoms with E-state index in [0.29, 0.717) is 32.7 Å². The van der Waals surface area contributed by atoms with Crippen molar-refractivity contribution in [1.29, 1.82) is 0 Å². The molecule has 0 aliphatic heterocycles. The van der Waals surface area contributed by atoms with Crippen molar-refractivity contribution < 1.29 is 14.6 Å². The Bertz CT molecular complexity index is 614. The van der Waals surface area contributed by atoms with Crippen molar-refractivity contribution in [3.05, 3.63) is 57.6 Å². The van der Waals surface area contributed by atoms with Crippen LogP contribution in [-0.4, -0.2) is 19.3 Å². The van der Waals surface area contributed by atoms with Crippen LogP contribution in [-0.2, 0) is 0 Å². The predicted molar refractivity (Wildman–Crippen MR) is 80.1 cm³/mol. The highest BCUT2D eigenvalue weighted by Crippen LogP contribution is 2.35. The van der Waals surface area contributed by atoms with Crippen molar-refractivity contribution in [2.24, 2.45) is 0 Å². The number of hydrogen-bond donors (Lipinski definition) is 1. The second kappa shape index (κ2) is 6.35. The summed E-state index contributed by atoms with van der Waals surface area (Å²) >= 11 is 12.0.